The minimum atomic E-state index is 0. The summed E-state index contributed by atoms with van der Waals surface area (Å²) in [6, 6.07) is 3.60. The van der Waals surface area contributed by atoms with Crippen LogP contribution in [0.25, 0.3) is 0 Å². The number of pyridine rings is 1. The van der Waals surface area contributed by atoms with Crippen LogP contribution in [0.5, 0.6) is 5.75 Å². The molecule has 15 heavy (non-hydrogen) atoms. The van der Waals surface area contributed by atoms with Crippen LogP contribution in [0.1, 0.15) is 1.43 Å². The minimum absolute atomic E-state index is 0. The van der Waals surface area contributed by atoms with Gasteiger partial charge in [0.15, 0.2) is 0 Å². The third kappa shape index (κ3) is 2.52. The van der Waals surface area contributed by atoms with Gasteiger partial charge in [-0.1, -0.05) is 0 Å². The Labute approximate surface area is 89.4 Å². The number of nitrogens with one attached hydrogen (secondary N) is 1. The fraction of sp³-hybridized carbons (Fsp3) is 0.300. The SMILES string of the molecule is COc1ccnc(NC2=NCCN=C2)c1.[HH]. The molecular weight excluding hydrogens is 192 g/mol. The molecule has 0 atom stereocenters. The molecule has 0 aromatic carbocycles. The van der Waals surface area contributed by atoms with Crippen molar-refractivity contribution in [2.24, 2.45) is 9.98 Å². The maximum absolute atomic E-state index is 5.09. The molecule has 0 bridgehead atoms. The van der Waals surface area contributed by atoms with Crippen LogP contribution in [-0.4, -0.2) is 37.2 Å². The predicted octanol–water partition coefficient (Wildman–Crippen LogP) is 1.23. The second-order valence-electron chi connectivity index (χ2n) is 3.01. The number of amidine groups is 1. The van der Waals surface area contributed by atoms with Crippen LogP contribution in [0.4, 0.5) is 5.82 Å². The lowest BCUT2D eigenvalue weighted by Crippen LogP contribution is -2.18. The molecule has 1 N–H and O–H groups in total. The average Bonchev–Trinajstić information content (AvgIpc) is 2.31. The third-order valence-corrected chi connectivity index (χ3v) is 1.95. The van der Waals surface area contributed by atoms with E-state index in [1.54, 1.807) is 25.6 Å². The Hall–Kier alpha value is -1.91. The fourth-order valence-corrected chi connectivity index (χ4v) is 1.23. The number of aromatic nitrogens is 1. The van der Waals surface area contributed by atoms with Crippen LogP contribution >= 0.6 is 0 Å². The molecule has 1 aromatic heterocycles. The molecule has 5 nitrogen and oxygen atoms in total. The maximum Gasteiger partial charge on any atom is 0.144 e. The summed E-state index contributed by atoms with van der Waals surface area (Å²) in [5.74, 6) is 2.21. The lowest BCUT2D eigenvalue weighted by Gasteiger charge is -2.08. The van der Waals surface area contributed by atoms with Crippen LogP contribution < -0.4 is 10.1 Å². The molecular formula is C10H14N4O. The van der Waals surface area contributed by atoms with Gasteiger partial charge in [0, 0.05) is 13.7 Å². The van der Waals surface area contributed by atoms with E-state index in [0.29, 0.717) is 5.82 Å². The van der Waals surface area contributed by atoms with Gasteiger partial charge in [0.05, 0.1) is 26.4 Å². The zero-order valence-corrected chi connectivity index (χ0v) is 8.47. The summed E-state index contributed by atoms with van der Waals surface area (Å²) in [4.78, 5) is 12.5. The molecule has 0 aliphatic carbocycles. The lowest BCUT2D eigenvalue weighted by atomic mass is 10.4. The normalized spacial score (nSPS) is 14.6. The molecule has 0 saturated heterocycles. The van der Waals surface area contributed by atoms with Gasteiger partial charge >= 0.3 is 0 Å². The van der Waals surface area contributed by atoms with Crippen molar-refractivity contribution in [3.8, 4) is 5.75 Å². The average molecular weight is 206 g/mol. The van der Waals surface area contributed by atoms with Crippen molar-refractivity contribution in [2.75, 3.05) is 25.5 Å². The standard InChI is InChI=1S/C10H12N4O.H2/c1-15-8-2-3-12-9(6-8)14-10-7-11-4-5-13-10;/h2-3,6-7H,4-5H2,1H3,(H,12,13,14);1H. The van der Waals surface area contributed by atoms with Gasteiger partial charge < -0.3 is 10.1 Å². The summed E-state index contributed by atoms with van der Waals surface area (Å²) in [7, 11) is 1.62. The van der Waals surface area contributed by atoms with Crippen molar-refractivity contribution >= 4 is 17.9 Å². The molecule has 1 aliphatic rings. The van der Waals surface area contributed by atoms with Crippen LogP contribution in [0.15, 0.2) is 28.3 Å². The maximum atomic E-state index is 5.09. The number of hydrogen-bond donors (Lipinski definition) is 1. The van der Waals surface area contributed by atoms with E-state index in [4.69, 9.17) is 4.74 Å². The number of anilines is 1. The second kappa shape index (κ2) is 4.54. The van der Waals surface area contributed by atoms with Gasteiger partial charge in [-0.3, -0.25) is 9.98 Å². The van der Waals surface area contributed by atoms with Crippen LogP contribution in [-0.2, 0) is 0 Å². The van der Waals surface area contributed by atoms with Gasteiger partial charge in [-0.25, -0.2) is 4.98 Å². The number of methoxy groups -OCH3 is 1. The first kappa shape index (κ1) is 9.64. The van der Waals surface area contributed by atoms with Gasteiger partial charge in [-0.15, -0.1) is 0 Å². The summed E-state index contributed by atoms with van der Waals surface area (Å²) in [5, 5.41) is 3.07. The van der Waals surface area contributed by atoms with E-state index in [1.807, 2.05) is 6.07 Å². The van der Waals surface area contributed by atoms with Crippen molar-refractivity contribution in [1.82, 2.24) is 4.98 Å². The number of ether oxygens (including phenoxy) is 1. The van der Waals surface area contributed by atoms with E-state index in [1.165, 1.54) is 0 Å². The lowest BCUT2D eigenvalue weighted by molar-refractivity contribution is 0.414. The molecule has 2 rings (SSSR count). The Morgan fingerprint density at radius 3 is 3.13 bits per heavy atom. The first-order valence-corrected chi connectivity index (χ1v) is 4.70. The van der Waals surface area contributed by atoms with Crippen LogP contribution in [0.3, 0.4) is 0 Å². The summed E-state index contributed by atoms with van der Waals surface area (Å²) >= 11 is 0. The van der Waals surface area contributed by atoms with E-state index in [2.05, 4.69) is 20.3 Å². The topological polar surface area (TPSA) is 58.9 Å². The summed E-state index contributed by atoms with van der Waals surface area (Å²) in [6.45, 7) is 1.49. The zero-order chi connectivity index (χ0) is 10.5. The fourth-order valence-electron chi connectivity index (χ4n) is 1.23. The highest BCUT2D eigenvalue weighted by Gasteiger charge is 2.02. The molecule has 0 saturated carbocycles. The highest BCUT2D eigenvalue weighted by molar-refractivity contribution is 6.34. The molecule has 0 spiro atoms. The zero-order valence-electron chi connectivity index (χ0n) is 8.47. The highest BCUT2D eigenvalue weighted by atomic mass is 16.5. The molecule has 0 fully saturated rings. The first-order valence-electron chi connectivity index (χ1n) is 4.70. The van der Waals surface area contributed by atoms with Crippen molar-refractivity contribution in [2.45, 2.75) is 0 Å². The Morgan fingerprint density at radius 2 is 2.40 bits per heavy atom. The molecule has 5 heteroatoms. The smallest absolute Gasteiger partial charge is 0.144 e. The van der Waals surface area contributed by atoms with Crippen LogP contribution in [0, 0.1) is 0 Å². The molecule has 0 amide bonds. The van der Waals surface area contributed by atoms with E-state index < -0.39 is 0 Å². The van der Waals surface area contributed by atoms with Gasteiger partial charge in [0.25, 0.3) is 0 Å². The van der Waals surface area contributed by atoms with Gasteiger partial charge in [-0.05, 0) is 6.07 Å². The van der Waals surface area contributed by atoms with E-state index in [-0.39, 0.29) is 1.43 Å². The number of rotatable bonds is 2. The predicted molar refractivity (Wildman–Crippen MR) is 62.2 cm³/mol. The molecule has 2 heterocycles. The molecule has 1 aliphatic heterocycles. The summed E-state index contributed by atoms with van der Waals surface area (Å²) < 4.78 is 5.09. The second-order valence-corrected chi connectivity index (χ2v) is 3.01. The Morgan fingerprint density at radius 1 is 1.47 bits per heavy atom. The summed E-state index contributed by atoms with van der Waals surface area (Å²) in [5.41, 5.74) is 0. The molecule has 0 radical (unpaired) electrons. The van der Waals surface area contributed by atoms with E-state index in [0.717, 1.165) is 24.7 Å². The van der Waals surface area contributed by atoms with Crippen molar-refractivity contribution in [3.63, 3.8) is 0 Å². The van der Waals surface area contributed by atoms with Gasteiger partial charge in [-0.2, -0.15) is 0 Å². The summed E-state index contributed by atoms with van der Waals surface area (Å²) in [6.07, 6.45) is 3.40. The number of aliphatic imine (C=N–C) groups is 2. The van der Waals surface area contributed by atoms with Gasteiger partial charge in [0.1, 0.15) is 17.4 Å². The van der Waals surface area contributed by atoms with Gasteiger partial charge in [0.2, 0.25) is 0 Å². The Bertz CT molecular complexity index is 406. The number of nitrogens with zero attached hydrogens (tertiary/aromatic N) is 3. The third-order valence-electron chi connectivity index (χ3n) is 1.95. The molecule has 0 unspecified atom stereocenters. The minimum Gasteiger partial charge on any atom is -0.497 e. The Kier molecular flexibility index (Phi) is 2.92. The largest absolute Gasteiger partial charge is 0.497 e. The van der Waals surface area contributed by atoms with Crippen molar-refractivity contribution < 1.29 is 6.16 Å². The monoisotopic (exact) mass is 206 g/mol. The first-order chi connectivity index (χ1) is 7.38. The molecule has 80 valence electrons. The highest BCUT2D eigenvalue weighted by Crippen LogP contribution is 2.13. The van der Waals surface area contributed by atoms with Crippen molar-refractivity contribution in [3.05, 3.63) is 18.3 Å². The van der Waals surface area contributed by atoms with E-state index >= 15 is 0 Å². The quantitative estimate of drug-likeness (QED) is 0.791. The van der Waals surface area contributed by atoms with E-state index in [9.17, 15) is 0 Å². The Balaban J connectivity index is 0.00000128. The molecule has 1 aromatic rings. The van der Waals surface area contributed by atoms with Crippen LogP contribution in [0.2, 0.25) is 0 Å². The van der Waals surface area contributed by atoms with Crippen molar-refractivity contribution in [1.29, 1.82) is 0 Å². The number of hydrogen-bond acceptors (Lipinski definition) is 5.